The van der Waals surface area contributed by atoms with E-state index < -0.39 is 5.91 Å². The normalized spacial score (nSPS) is 15.4. The van der Waals surface area contributed by atoms with Crippen LogP contribution in [0.1, 0.15) is 18.4 Å². The zero-order valence-electron chi connectivity index (χ0n) is 13.3. The predicted octanol–water partition coefficient (Wildman–Crippen LogP) is 0.288. The van der Waals surface area contributed by atoms with Gasteiger partial charge in [-0.1, -0.05) is 12.1 Å². The Bertz CT molecular complexity index is 632. The van der Waals surface area contributed by atoms with Gasteiger partial charge >= 0.3 is 0 Å². The second-order valence-corrected chi connectivity index (χ2v) is 5.66. The van der Waals surface area contributed by atoms with Crippen molar-refractivity contribution in [2.75, 3.05) is 19.7 Å². The lowest BCUT2D eigenvalue weighted by atomic mass is 9.96. The van der Waals surface area contributed by atoms with Gasteiger partial charge in [0.1, 0.15) is 5.75 Å². The zero-order chi connectivity index (χ0) is 17.5. The summed E-state index contributed by atoms with van der Waals surface area (Å²) in [6.45, 7) is 0.905. The molecule has 4 N–H and O–H groups in total. The molecule has 0 unspecified atom stereocenters. The van der Waals surface area contributed by atoms with E-state index in [0.717, 1.165) is 5.56 Å². The fraction of sp³-hybridized carbons (Fsp3) is 0.353. The molecule has 0 spiro atoms. The first kappa shape index (κ1) is 17.5. The first-order valence-corrected chi connectivity index (χ1v) is 7.73. The lowest BCUT2D eigenvalue weighted by molar-refractivity contribution is -0.130. The summed E-state index contributed by atoms with van der Waals surface area (Å²) in [5, 5.41) is 0. The molecule has 1 aliphatic rings. The molecule has 1 heterocycles. The molecule has 7 nitrogen and oxygen atoms in total. The maximum Gasteiger partial charge on any atom is 0.255 e. The first-order valence-electron chi connectivity index (χ1n) is 7.73. The molecule has 7 heteroatoms. The van der Waals surface area contributed by atoms with Crippen molar-refractivity contribution in [2.45, 2.75) is 12.8 Å². The zero-order valence-corrected chi connectivity index (χ0v) is 13.3. The monoisotopic (exact) mass is 331 g/mol. The van der Waals surface area contributed by atoms with Gasteiger partial charge in [0.15, 0.2) is 6.61 Å². The second kappa shape index (κ2) is 8.14. The molecule has 0 radical (unpaired) electrons. The van der Waals surface area contributed by atoms with Crippen LogP contribution in [-0.2, 0) is 14.4 Å². The summed E-state index contributed by atoms with van der Waals surface area (Å²) in [5.74, 6) is -0.523. The maximum absolute atomic E-state index is 12.1. The highest BCUT2D eigenvalue weighted by Crippen LogP contribution is 2.17. The Morgan fingerprint density at radius 1 is 1.12 bits per heavy atom. The quantitative estimate of drug-likeness (QED) is 0.729. The molecule has 3 amide bonds. The van der Waals surface area contributed by atoms with Crippen LogP contribution in [0.15, 0.2) is 30.3 Å². The fourth-order valence-corrected chi connectivity index (χ4v) is 2.49. The number of nitrogens with zero attached hydrogens (tertiary/aromatic N) is 1. The van der Waals surface area contributed by atoms with E-state index in [4.69, 9.17) is 16.2 Å². The van der Waals surface area contributed by atoms with Crippen molar-refractivity contribution in [1.29, 1.82) is 0 Å². The molecule has 0 aromatic heterocycles. The van der Waals surface area contributed by atoms with E-state index >= 15 is 0 Å². The number of amides is 3. The van der Waals surface area contributed by atoms with Gasteiger partial charge in [-0.3, -0.25) is 14.4 Å². The smallest absolute Gasteiger partial charge is 0.255 e. The SMILES string of the molecule is NC(=O)COc1ccc(C=CC(=O)N2CCC(C(N)=O)CC2)cc1. The highest BCUT2D eigenvalue weighted by molar-refractivity contribution is 5.92. The molecule has 0 saturated carbocycles. The Labute approximate surface area is 140 Å². The minimum Gasteiger partial charge on any atom is -0.484 e. The third-order valence-corrected chi connectivity index (χ3v) is 3.89. The van der Waals surface area contributed by atoms with Gasteiger partial charge in [-0.25, -0.2) is 0 Å². The van der Waals surface area contributed by atoms with E-state index in [-0.39, 0.29) is 24.3 Å². The van der Waals surface area contributed by atoms with Gasteiger partial charge in [-0.15, -0.1) is 0 Å². The Morgan fingerprint density at radius 2 is 1.75 bits per heavy atom. The van der Waals surface area contributed by atoms with Crippen molar-refractivity contribution in [3.8, 4) is 5.75 Å². The summed E-state index contributed by atoms with van der Waals surface area (Å²) < 4.78 is 5.16. The van der Waals surface area contributed by atoms with Gasteiger partial charge in [0.2, 0.25) is 11.8 Å². The number of rotatable bonds is 6. The molecule has 1 saturated heterocycles. The average molecular weight is 331 g/mol. The Morgan fingerprint density at radius 3 is 2.29 bits per heavy atom. The lowest BCUT2D eigenvalue weighted by Crippen LogP contribution is -2.41. The third kappa shape index (κ3) is 5.12. The number of hydrogen-bond acceptors (Lipinski definition) is 4. The molecule has 1 fully saturated rings. The number of carbonyl (C=O) groups excluding carboxylic acids is 3. The van der Waals surface area contributed by atoms with Gasteiger partial charge in [-0.2, -0.15) is 0 Å². The van der Waals surface area contributed by atoms with Crippen LogP contribution in [0.25, 0.3) is 6.08 Å². The summed E-state index contributed by atoms with van der Waals surface area (Å²) in [6.07, 6.45) is 4.44. The number of carbonyl (C=O) groups is 3. The molecule has 1 aromatic carbocycles. The molecule has 128 valence electrons. The molecule has 0 atom stereocenters. The summed E-state index contributed by atoms with van der Waals surface area (Å²) in [4.78, 5) is 35.6. The molecule has 1 aromatic rings. The van der Waals surface area contributed by atoms with Crippen LogP contribution in [0.3, 0.4) is 0 Å². The number of piperidine rings is 1. The minimum absolute atomic E-state index is 0.0908. The highest BCUT2D eigenvalue weighted by atomic mass is 16.5. The number of ether oxygens (including phenoxy) is 1. The third-order valence-electron chi connectivity index (χ3n) is 3.89. The maximum atomic E-state index is 12.1. The van der Waals surface area contributed by atoms with Gasteiger partial charge in [-0.05, 0) is 36.6 Å². The van der Waals surface area contributed by atoms with Gasteiger partial charge < -0.3 is 21.1 Å². The van der Waals surface area contributed by atoms with E-state index in [9.17, 15) is 14.4 Å². The highest BCUT2D eigenvalue weighted by Gasteiger charge is 2.24. The van der Waals surface area contributed by atoms with Crippen molar-refractivity contribution >= 4 is 23.8 Å². The minimum atomic E-state index is -0.537. The lowest BCUT2D eigenvalue weighted by Gasteiger charge is -2.29. The van der Waals surface area contributed by atoms with Crippen molar-refractivity contribution in [3.05, 3.63) is 35.9 Å². The van der Waals surface area contributed by atoms with Crippen LogP contribution >= 0.6 is 0 Å². The van der Waals surface area contributed by atoms with Crippen LogP contribution in [0.5, 0.6) is 5.75 Å². The van der Waals surface area contributed by atoms with Crippen LogP contribution in [0.2, 0.25) is 0 Å². The molecule has 24 heavy (non-hydrogen) atoms. The van der Waals surface area contributed by atoms with Crippen LogP contribution in [0.4, 0.5) is 0 Å². The predicted molar refractivity (Wildman–Crippen MR) is 88.7 cm³/mol. The standard InChI is InChI=1S/C17H21N3O4/c18-15(21)11-24-14-4-1-12(2-5-14)3-6-16(22)20-9-7-13(8-10-20)17(19)23/h1-6,13H,7-11H2,(H2,18,21)(H2,19,23). The van der Waals surface area contributed by atoms with E-state index in [1.165, 1.54) is 6.08 Å². The number of primary amides is 2. The largest absolute Gasteiger partial charge is 0.484 e. The Kier molecular flexibility index (Phi) is 5.95. The summed E-state index contributed by atoms with van der Waals surface area (Å²) in [7, 11) is 0. The van der Waals surface area contributed by atoms with Gasteiger partial charge in [0.25, 0.3) is 5.91 Å². The van der Waals surface area contributed by atoms with E-state index in [2.05, 4.69) is 0 Å². The average Bonchev–Trinajstić information content (AvgIpc) is 2.58. The van der Waals surface area contributed by atoms with Crippen molar-refractivity contribution in [1.82, 2.24) is 4.90 Å². The molecule has 1 aliphatic heterocycles. The molecular weight excluding hydrogens is 310 g/mol. The molecule has 0 aliphatic carbocycles. The first-order chi connectivity index (χ1) is 11.5. The van der Waals surface area contributed by atoms with E-state index in [1.54, 1.807) is 35.2 Å². The van der Waals surface area contributed by atoms with Crippen molar-refractivity contribution < 1.29 is 19.1 Å². The van der Waals surface area contributed by atoms with Gasteiger partial charge in [0, 0.05) is 25.1 Å². The number of likely N-dealkylation sites (tertiary alicyclic amines) is 1. The molecule has 0 bridgehead atoms. The van der Waals surface area contributed by atoms with E-state index in [1.807, 2.05) is 0 Å². The molecule has 2 rings (SSSR count). The summed E-state index contributed by atoms with van der Waals surface area (Å²) in [5.41, 5.74) is 11.1. The van der Waals surface area contributed by atoms with Crippen LogP contribution < -0.4 is 16.2 Å². The summed E-state index contributed by atoms with van der Waals surface area (Å²) >= 11 is 0. The number of benzene rings is 1. The Balaban J connectivity index is 1.85. The number of nitrogens with two attached hydrogens (primary N) is 2. The van der Waals surface area contributed by atoms with Crippen molar-refractivity contribution in [2.24, 2.45) is 17.4 Å². The topological polar surface area (TPSA) is 116 Å². The summed E-state index contributed by atoms with van der Waals surface area (Å²) in [6, 6.07) is 6.95. The second-order valence-electron chi connectivity index (χ2n) is 5.66. The Hall–Kier alpha value is -2.83. The fourth-order valence-electron chi connectivity index (χ4n) is 2.49. The molecular formula is C17H21N3O4. The van der Waals surface area contributed by atoms with E-state index in [0.29, 0.717) is 31.7 Å². The van der Waals surface area contributed by atoms with Crippen LogP contribution in [0, 0.1) is 5.92 Å². The van der Waals surface area contributed by atoms with Crippen LogP contribution in [-0.4, -0.2) is 42.3 Å². The van der Waals surface area contributed by atoms with Gasteiger partial charge in [0.05, 0.1) is 0 Å². The van der Waals surface area contributed by atoms with Crippen molar-refractivity contribution in [3.63, 3.8) is 0 Å². The number of hydrogen-bond donors (Lipinski definition) is 2.